The van der Waals surface area contributed by atoms with E-state index in [0.717, 1.165) is 12.6 Å². The van der Waals surface area contributed by atoms with E-state index in [1.165, 1.54) is 0 Å². The van der Waals surface area contributed by atoms with E-state index in [0.29, 0.717) is 0 Å². The van der Waals surface area contributed by atoms with Crippen LogP contribution in [0, 0.1) is 0 Å². The Morgan fingerprint density at radius 2 is 2.00 bits per heavy atom. The summed E-state index contributed by atoms with van der Waals surface area (Å²) in [6.07, 6.45) is 2.07. The molecule has 0 aliphatic carbocycles. The molecule has 0 unspecified atom stereocenters. The zero-order valence-electron chi connectivity index (χ0n) is 3.62. The zero-order valence-corrected chi connectivity index (χ0v) is 6.02. The van der Waals surface area contributed by atoms with Crippen LogP contribution in [0.3, 0.4) is 0 Å². The minimum Gasteiger partial charge on any atom is -0.0781 e. The Morgan fingerprint density at radius 1 is 1.50 bits per heavy atom. The fraction of sp³-hybridized carbons (Fsp3) is 1.00. The van der Waals surface area contributed by atoms with Gasteiger partial charge in [0.05, 0.1) is 6.63 Å². The lowest BCUT2D eigenvalue weighted by Gasteiger charge is -1.90. The van der Waals surface area contributed by atoms with Crippen molar-refractivity contribution in [1.29, 1.82) is 0 Å². The van der Waals surface area contributed by atoms with Crippen LogP contribution in [-0.4, -0.2) is 6.16 Å². The molecule has 0 N–H and O–H groups in total. The maximum Gasteiger partial charge on any atom is 0.0854 e. The first kappa shape index (κ1) is 7.01. The molecule has 0 fully saturated rings. The van der Waals surface area contributed by atoms with Crippen molar-refractivity contribution in [1.82, 2.24) is 0 Å². The van der Waals surface area contributed by atoms with Gasteiger partial charge in [0, 0.05) is 0 Å². The lowest BCUT2D eigenvalue weighted by Crippen LogP contribution is -1.63. The van der Waals surface area contributed by atoms with Crippen molar-refractivity contribution in [2.24, 2.45) is 0 Å². The van der Waals surface area contributed by atoms with Crippen LogP contribution in [-0.2, 0) is 0 Å². The third-order valence-electron chi connectivity index (χ3n) is 0.393. The van der Waals surface area contributed by atoms with Crippen molar-refractivity contribution in [3.05, 3.63) is 0 Å². The molecule has 0 aliphatic heterocycles. The molecule has 6 heavy (non-hydrogen) atoms. The Morgan fingerprint density at radius 3 is 2.00 bits per heavy atom. The van der Waals surface area contributed by atoms with Gasteiger partial charge >= 0.3 is 0 Å². The molecule has 3 heteroatoms. The van der Waals surface area contributed by atoms with E-state index in [1.54, 1.807) is 0 Å². The van der Waals surface area contributed by atoms with Crippen molar-refractivity contribution < 1.29 is 0 Å². The van der Waals surface area contributed by atoms with E-state index in [9.17, 15) is 0 Å². The van der Waals surface area contributed by atoms with Gasteiger partial charge in [-0.1, -0.05) is 29.4 Å². The van der Waals surface area contributed by atoms with Crippen LogP contribution >= 0.6 is 29.1 Å². The summed E-state index contributed by atoms with van der Waals surface area (Å²) in [6.45, 7) is 1.41. The molecular formula is C3H7Cl2P. The van der Waals surface area contributed by atoms with Crippen LogP contribution in [0.15, 0.2) is 0 Å². The van der Waals surface area contributed by atoms with Crippen LogP contribution in [0.4, 0.5) is 0 Å². The van der Waals surface area contributed by atoms with Crippen molar-refractivity contribution in [2.45, 2.75) is 13.3 Å². The average molecular weight is 145 g/mol. The van der Waals surface area contributed by atoms with Gasteiger partial charge in [-0.05, 0) is 12.6 Å². The van der Waals surface area contributed by atoms with Crippen molar-refractivity contribution in [2.75, 3.05) is 6.16 Å². The first-order valence-corrected chi connectivity index (χ1v) is 5.20. The fourth-order valence-corrected chi connectivity index (χ4v) is 1.52. The lowest BCUT2D eigenvalue weighted by atomic mass is 10.6. The molecule has 0 aromatic rings. The molecule has 0 rings (SSSR count). The minimum absolute atomic E-state index is 0.656. The third-order valence-corrected chi connectivity index (χ3v) is 2.19. The lowest BCUT2D eigenvalue weighted by molar-refractivity contribution is 1.11. The second-order valence-electron chi connectivity index (χ2n) is 1.03. The zero-order chi connectivity index (χ0) is 4.99. The summed E-state index contributed by atoms with van der Waals surface area (Å²) in [5, 5.41) is 0. The predicted octanol–water partition coefficient (Wildman–Crippen LogP) is 3.19. The predicted molar refractivity (Wildman–Crippen MR) is 33.8 cm³/mol. The second kappa shape index (κ2) is 4.18. The van der Waals surface area contributed by atoms with Crippen molar-refractivity contribution >= 4 is 29.1 Å². The molecule has 0 spiro atoms. The van der Waals surface area contributed by atoms with Gasteiger partial charge in [0.15, 0.2) is 0 Å². The smallest absolute Gasteiger partial charge is 0.0781 e. The number of hydrogen-bond acceptors (Lipinski definition) is 0. The maximum atomic E-state index is 5.41. The number of rotatable bonds is 2. The van der Waals surface area contributed by atoms with E-state index in [4.69, 9.17) is 22.5 Å². The topological polar surface area (TPSA) is 0 Å². The summed E-state index contributed by atoms with van der Waals surface area (Å²) in [6, 6.07) is 0. The van der Waals surface area contributed by atoms with Crippen LogP contribution in [0.5, 0.6) is 0 Å². The normalized spacial score (nSPS) is 10.0. The highest BCUT2D eigenvalue weighted by Gasteiger charge is 1.91. The molecule has 0 saturated carbocycles. The Hall–Kier alpha value is 1.01. The summed E-state index contributed by atoms with van der Waals surface area (Å²) in [5.74, 6) is 0. The molecule has 0 aliphatic rings. The van der Waals surface area contributed by atoms with Crippen LogP contribution < -0.4 is 0 Å². The molecule has 0 saturated heterocycles. The molecule has 38 valence electrons. The van der Waals surface area contributed by atoms with Crippen LogP contribution in [0.25, 0.3) is 0 Å². The summed E-state index contributed by atoms with van der Waals surface area (Å²) in [4.78, 5) is 0. The molecule has 0 amide bonds. The van der Waals surface area contributed by atoms with E-state index in [2.05, 4.69) is 6.92 Å². The van der Waals surface area contributed by atoms with Gasteiger partial charge in [0.25, 0.3) is 0 Å². The van der Waals surface area contributed by atoms with E-state index < -0.39 is 6.63 Å². The standard InChI is InChI=1S/C3H7Cl2P/c1-2-3-6(4)5/h2-3H2,1H3. The maximum absolute atomic E-state index is 5.41. The number of hydrogen-bond donors (Lipinski definition) is 0. The average Bonchev–Trinajstić information content (AvgIpc) is 1.35. The highest BCUT2D eigenvalue weighted by molar-refractivity contribution is 8.03. The molecule has 0 aromatic heterocycles. The highest BCUT2D eigenvalue weighted by Crippen LogP contribution is 2.46. The summed E-state index contributed by atoms with van der Waals surface area (Å²) in [5.41, 5.74) is 0. The van der Waals surface area contributed by atoms with Gasteiger partial charge in [-0.25, -0.2) is 0 Å². The SMILES string of the molecule is CCCP(Cl)Cl. The van der Waals surface area contributed by atoms with Gasteiger partial charge in [-0.15, -0.1) is 0 Å². The van der Waals surface area contributed by atoms with Gasteiger partial charge in [0.1, 0.15) is 0 Å². The third kappa shape index (κ3) is 5.01. The van der Waals surface area contributed by atoms with Crippen LogP contribution in [0.1, 0.15) is 13.3 Å². The van der Waals surface area contributed by atoms with E-state index in [-0.39, 0.29) is 0 Å². The first-order valence-electron chi connectivity index (χ1n) is 1.86. The molecule has 0 aromatic carbocycles. The molecule has 0 bridgehead atoms. The summed E-state index contributed by atoms with van der Waals surface area (Å²) < 4.78 is 0. The molecule has 0 heterocycles. The largest absolute Gasteiger partial charge is 0.0854 e. The quantitative estimate of drug-likeness (QED) is 0.523. The molecule has 0 atom stereocenters. The Balaban J connectivity index is 2.63. The number of halogens is 2. The van der Waals surface area contributed by atoms with Gasteiger partial charge in [-0.2, -0.15) is 0 Å². The summed E-state index contributed by atoms with van der Waals surface area (Å²) >= 11 is 10.8. The van der Waals surface area contributed by atoms with E-state index in [1.807, 2.05) is 0 Å². The monoisotopic (exact) mass is 144 g/mol. The highest BCUT2D eigenvalue weighted by atomic mass is 35.9. The molecule has 0 nitrogen and oxygen atoms in total. The van der Waals surface area contributed by atoms with Gasteiger partial charge in [-0.3, -0.25) is 0 Å². The summed E-state index contributed by atoms with van der Waals surface area (Å²) in [7, 11) is 0. The van der Waals surface area contributed by atoms with Gasteiger partial charge in [0.2, 0.25) is 0 Å². The first-order chi connectivity index (χ1) is 2.77. The minimum atomic E-state index is -0.656. The van der Waals surface area contributed by atoms with E-state index >= 15 is 0 Å². The van der Waals surface area contributed by atoms with Crippen molar-refractivity contribution in [3.8, 4) is 0 Å². The van der Waals surface area contributed by atoms with Crippen molar-refractivity contribution in [3.63, 3.8) is 0 Å². The molecular weight excluding hydrogens is 138 g/mol. The molecule has 0 radical (unpaired) electrons. The second-order valence-corrected chi connectivity index (χ2v) is 5.05. The van der Waals surface area contributed by atoms with Gasteiger partial charge < -0.3 is 0 Å². The van der Waals surface area contributed by atoms with Crippen LogP contribution in [0.2, 0.25) is 0 Å². The Kier molecular flexibility index (Phi) is 4.88. The Labute approximate surface area is 49.2 Å². The fourth-order valence-electron chi connectivity index (χ4n) is 0.169. The Bertz CT molecular complexity index is 30.0.